The van der Waals surface area contributed by atoms with Crippen LogP contribution >= 0.6 is 0 Å². The maximum absolute atomic E-state index is 5.35. The highest BCUT2D eigenvalue weighted by molar-refractivity contribution is 5.92. The van der Waals surface area contributed by atoms with Gasteiger partial charge in [-0.3, -0.25) is 0 Å². The van der Waals surface area contributed by atoms with E-state index in [0.29, 0.717) is 17.5 Å². The van der Waals surface area contributed by atoms with Crippen molar-refractivity contribution in [3.05, 3.63) is 234 Å². The first-order valence-corrected chi connectivity index (χ1v) is 19.4. The molecular formula is C54H35N3. The van der Waals surface area contributed by atoms with Gasteiger partial charge in [-0.05, 0) is 91.0 Å². The molecule has 0 radical (unpaired) electrons. The fraction of sp³-hybridized carbons (Fsp3) is 0.0185. The van der Waals surface area contributed by atoms with E-state index in [4.69, 9.17) is 15.0 Å². The minimum absolute atomic E-state index is 0.550. The van der Waals surface area contributed by atoms with Crippen molar-refractivity contribution in [3.8, 4) is 67.5 Å². The highest BCUT2D eigenvalue weighted by Gasteiger charge is 2.48. The van der Waals surface area contributed by atoms with E-state index in [0.717, 1.165) is 38.9 Å². The quantitative estimate of drug-likeness (QED) is 0.177. The number of hydrogen-bond donors (Lipinski definition) is 0. The molecule has 2 aliphatic carbocycles. The standard InChI is InChI=1S/C54H35N3/c1-4-16-36(17-5-1)42-32-43(37-18-6-2-7-19-37)34-44(33-42)53-56-51(40-21-8-3-9-22-40)55-52(57-53)41-31-30-39-29-28-38-20-10-13-25-47(38)54(50(39)35-41)48-26-14-11-23-45(48)46-24-12-15-27-49(46)54/h1-35H. The third kappa shape index (κ3) is 5.39. The van der Waals surface area contributed by atoms with E-state index in [1.54, 1.807) is 0 Å². The Kier molecular flexibility index (Phi) is 7.71. The lowest BCUT2D eigenvalue weighted by atomic mass is 9.66. The molecule has 266 valence electrons. The van der Waals surface area contributed by atoms with Crippen molar-refractivity contribution >= 4 is 12.2 Å². The summed E-state index contributed by atoms with van der Waals surface area (Å²) in [4.78, 5) is 15.8. The Bertz CT molecular complexity index is 2900. The normalized spacial score (nSPS) is 13.0. The van der Waals surface area contributed by atoms with Gasteiger partial charge >= 0.3 is 0 Å². The highest BCUT2D eigenvalue weighted by atomic mass is 15.0. The number of fused-ring (bicyclic) bond motifs is 9. The Morgan fingerprint density at radius 3 is 1.26 bits per heavy atom. The Balaban J connectivity index is 1.17. The molecule has 0 saturated carbocycles. The van der Waals surface area contributed by atoms with Crippen LogP contribution in [0.5, 0.6) is 0 Å². The van der Waals surface area contributed by atoms with E-state index in [9.17, 15) is 0 Å². The van der Waals surface area contributed by atoms with Gasteiger partial charge in [-0.1, -0.05) is 188 Å². The Morgan fingerprint density at radius 2 is 0.684 bits per heavy atom. The van der Waals surface area contributed by atoms with E-state index in [2.05, 4.69) is 194 Å². The second kappa shape index (κ2) is 13.4. The van der Waals surface area contributed by atoms with Crippen molar-refractivity contribution in [1.82, 2.24) is 15.0 Å². The van der Waals surface area contributed by atoms with Crippen LogP contribution < -0.4 is 0 Å². The zero-order chi connectivity index (χ0) is 37.8. The minimum atomic E-state index is -0.550. The summed E-state index contributed by atoms with van der Waals surface area (Å²) in [5.41, 5.74) is 16.7. The summed E-state index contributed by atoms with van der Waals surface area (Å²) >= 11 is 0. The lowest BCUT2D eigenvalue weighted by molar-refractivity contribution is 0.766. The Morgan fingerprint density at radius 1 is 0.263 bits per heavy atom. The van der Waals surface area contributed by atoms with Crippen LogP contribution in [0.4, 0.5) is 0 Å². The van der Waals surface area contributed by atoms with E-state index in [1.165, 1.54) is 44.5 Å². The van der Waals surface area contributed by atoms with E-state index in [-0.39, 0.29) is 0 Å². The smallest absolute Gasteiger partial charge is 0.164 e. The summed E-state index contributed by atoms with van der Waals surface area (Å²) < 4.78 is 0. The number of aromatic nitrogens is 3. The first-order chi connectivity index (χ1) is 28.2. The van der Waals surface area contributed by atoms with Gasteiger partial charge in [0, 0.05) is 16.7 Å². The van der Waals surface area contributed by atoms with Crippen molar-refractivity contribution in [2.24, 2.45) is 0 Å². The van der Waals surface area contributed by atoms with Crippen LogP contribution in [-0.2, 0) is 5.41 Å². The summed E-state index contributed by atoms with van der Waals surface area (Å²) in [7, 11) is 0. The largest absolute Gasteiger partial charge is 0.208 e. The molecule has 0 atom stereocenters. The topological polar surface area (TPSA) is 38.7 Å². The molecule has 11 rings (SSSR count). The molecule has 0 aliphatic heterocycles. The van der Waals surface area contributed by atoms with Gasteiger partial charge in [0.1, 0.15) is 0 Å². The number of nitrogens with zero attached hydrogens (tertiary/aromatic N) is 3. The van der Waals surface area contributed by atoms with Gasteiger partial charge in [0.15, 0.2) is 17.5 Å². The van der Waals surface area contributed by atoms with Crippen molar-refractivity contribution in [2.45, 2.75) is 5.41 Å². The third-order valence-corrected chi connectivity index (χ3v) is 11.5. The summed E-state index contributed by atoms with van der Waals surface area (Å²) in [6, 6.07) is 71.4. The molecule has 0 fully saturated rings. The maximum atomic E-state index is 5.35. The van der Waals surface area contributed by atoms with Gasteiger partial charge in [0.05, 0.1) is 5.41 Å². The summed E-state index contributed by atoms with van der Waals surface area (Å²) in [5, 5.41) is 0. The molecule has 3 heteroatoms. The molecule has 0 amide bonds. The first kappa shape index (κ1) is 32.9. The molecule has 0 bridgehead atoms. The Labute approximate surface area is 332 Å². The molecule has 0 unspecified atom stereocenters. The van der Waals surface area contributed by atoms with E-state index >= 15 is 0 Å². The molecule has 0 saturated heterocycles. The molecule has 8 aromatic carbocycles. The molecule has 1 heterocycles. The first-order valence-electron chi connectivity index (χ1n) is 19.4. The molecule has 2 aliphatic rings. The van der Waals surface area contributed by atoms with Crippen LogP contribution in [0.25, 0.3) is 79.7 Å². The molecule has 1 spiro atoms. The third-order valence-electron chi connectivity index (χ3n) is 11.5. The molecule has 57 heavy (non-hydrogen) atoms. The van der Waals surface area contributed by atoms with Crippen LogP contribution in [0, 0.1) is 0 Å². The van der Waals surface area contributed by atoms with Gasteiger partial charge in [-0.25, -0.2) is 15.0 Å². The minimum Gasteiger partial charge on any atom is -0.208 e. The monoisotopic (exact) mass is 725 g/mol. The maximum Gasteiger partial charge on any atom is 0.164 e. The van der Waals surface area contributed by atoms with Gasteiger partial charge in [-0.2, -0.15) is 0 Å². The lowest BCUT2D eigenvalue weighted by Gasteiger charge is -2.35. The fourth-order valence-electron chi connectivity index (χ4n) is 8.99. The van der Waals surface area contributed by atoms with Crippen molar-refractivity contribution in [3.63, 3.8) is 0 Å². The van der Waals surface area contributed by atoms with Gasteiger partial charge in [0.2, 0.25) is 0 Å². The SMILES string of the molecule is C1=Cc2ccc(-c3nc(-c4ccccc4)nc(-c4cc(-c5ccccc5)cc(-c5ccccc5)c4)n3)cc2C2(c3ccccc31)c1ccccc1-c1ccccc12. The fourth-order valence-corrected chi connectivity index (χ4v) is 8.99. The molecular weight excluding hydrogens is 691 g/mol. The zero-order valence-electron chi connectivity index (χ0n) is 31.0. The number of hydrogen-bond acceptors (Lipinski definition) is 3. The lowest BCUT2D eigenvalue weighted by Crippen LogP contribution is -2.30. The predicted molar refractivity (Wildman–Crippen MR) is 233 cm³/mol. The molecule has 9 aromatic rings. The van der Waals surface area contributed by atoms with Crippen molar-refractivity contribution in [1.29, 1.82) is 0 Å². The molecule has 1 aromatic heterocycles. The van der Waals surface area contributed by atoms with Crippen LogP contribution in [0.3, 0.4) is 0 Å². The van der Waals surface area contributed by atoms with Crippen LogP contribution in [0.2, 0.25) is 0 Å². The van der Waals surface area contributed by atoms with Gasteiger partial charge in [-0.15, -0.1) is 0 Å². The van der Waals surface area contributed by atoms with E-state index < -0.39 is 5.41 Å². The van der Waals surface area contributed by atoms with Crippen LogP contribution in [0.1, 0.15) is 33.4 Å². The molecule has 0 N–H and O–H groups in total. The Hall–Kier alpha value is -7.49. The van der Waals surface area contributed by atoms with Crippen molar-refractivity contribution in [2.75, 3.05) is 0 Å². The second-order valence-corrected chi connectivity index (χ2v) is 14.8. The summed E-state index contributed by atoms with van der Waals surface area (Å²) in [5.74, 6) is 1.89. The average Bonchev–Trinajstić information content (AvgIpc) is 3.50. The zero-order valence-corrected chi connectivity index (χ0v) is 31.0. The van der Waals surface area contributed by atoms with Crippen molar-refractivity contribution < 1.29 is 0 Å². The predicted octanol–water partition coefficient (Wildman–Crippen LogP) is 13.1. The molecule has 3 nitrogen and oxygen atoms in total. The van der Waals surface area contributed by atoms with Crippen LogP contribution in [-0.4, -0.2) is 15.0 Å². The number of benzene rings is 8. The van der Waals surface area contributed by atoms with Crippen LogP contribution in [0.15, 0.2) is 200 Å². The second-order valence-electron chi connectivity index (χ2n) is 14.8. The average molecular weight is 726 g/mol. The highest BCUT2D eigenvalue weighted by Crippen LogP contribution is 2.58. The summed E-state index contributed by atoms with van der Waals surface area (Å²) in [6.45, 7) is 0. The summed E-state index contributed by atoms with van der Waals surface area (Å²) in [6.07, 6.45) is 4.54. The number of rotatable bonds is 5. The van der Waals surface area contributed by atoms with Gasteiger partial charge in [0.25, 0.3) is 0 Å². The van der Waals surface area contributed by atoms with Gasteiger partial charge < -0.3 is 0 Å². The van der Waals surface area contributed by atoms with E-state index in [1.807, 2.05) is 18.2 Å².